The van der Waals surface area contributed by atoms with Crippen LogP contribution in [0.5, 0.6) is 5.75 Å². The molecule has 1 aliphatic heterocycles. The number of nitrogens with zero attached hydrogens (tertiary/aromatic N) is 1. The topological polar surface area (TPSA) is 85.6 Å². The number of carboxylic acid groups (broad SMARTS) is 1. The Morgan fingerprint density at radius 1 is 1.13 bits per heavy atom. The second-order valence-corrected chi connectivity index (χ2v) is 8.72. The molecule has 0 unspecified atom stereocenters. The number of aliphatic carboxylic acids is 1. The van der Waals surface area contributed by atoms with Gasteiger partial charge in [0.15, 0.2) is 0 Å². The number of alkyl halides is 3. The number of carboxylic acids is 1. The third-order valence-corrected chi connectivity index (χ3v) is 6.71. The van der Waals surface area contributed by atoms with Gasteiger partial charge < -0.3 is 9.84 Å². The molecule has 0 spiro atoms. The minimum atomic E-state index is -4.59. The molecule has 30 heavy (non-hydrogen) atoms. The van der Waals surface area contributed by atoms with Crippen LogP contribution in [0.25, 0.3) is 10.9 Å². The van der Waals surface area contributed by atoms with E-state index in [1.165, 1.54) is 18.2 Å². The Bertz CT molecular complexity index is 1260. The first-order valence-electron chi connectivity index (χ1n) is 9.02. The first-order valence-corrected chi connectivity index (χ1v) is 10.5. The second-order valence-electron chi connectivity index (χ2n) is 6.94. The molecule has 0 bridgehead atoms. The van der Waals surface area contributed by atoms with Crippen LogP contribution in [0.4, 0.5) is 13.2 Å². The van der Waals surface area contributed by atoms with Crippen LogP contribution in [0, 0.1) is 0 Å². The number of hydrogen-bond acceptors (Lipinski definition) is 4. The molecule has 4 rings (SSSR count). The number of benzene rings is 2. The Labute approximate surface area is 169 Å². The first-order chi connectivity index (χ1) is 14.1. The normalized spacial score (nSPS) is 14.0. The molecule has 6 nitrogen and oxygen atoms in total. The lowest BCUT2D eigenvalue weighted by Crippen LogP contribution is -2.16. The van der Waals surface area contributed by atoms with E-state index >= 15 is 0 Å². The van der Waals surface area contributed by atoms with E-state index in [2.05, 4.69) is 0 Å². The molecule has 0 saturated heterocycles. The molecule has 3 aromatic rings. The molecule has 10 heteroatoms. The molecule has 0 fully saturated rings. The number of aromatic nitrogens is 1. The molecule has 1 aliphatic rings. The summed E-state index contributed by atoms with van der Waals surface area (Å²) in [5, 5.41) is 9.06. The van der Waals surface area contributed by atoms with Crippen LogP contribution in [0.2, 0.25) is 0 Å². The van der Waals surface area contributed by atoms with Crippen molar-refractivity contribution in [3.8, 4) is 5.75 Å². The molecular formula is C20H16F3NO5S. The zero-order valence-corrected chi connectivity index (χ0v) is 16.3. The van der Waals surface area contributed by atoms with Gasteiger partial charge >= 0.3 is 12.1 Å². The fourth-order valence-corrected chi connectivity index (χ4v) is 5.17. The van der Waals surface area contributed by atoms with Crippen LogP contribution in [0.15, 0.2) is 47.4 Å². The summed E-state index contributed by atoms with van der Waals surface area (Å²) in [4.78, 5) is 11.0. The summed E-state index contributed by atoms with van der Waals surface area (Å²) in [6.07, 6.45) is -4.56. The van der Waals surface area contributed by atoms with Crippen molar-refractivity contribution in [1.29, 1.82) is 0 Å². The average molecular weight is 439 g/mol. The molecule has 0 saturated carbocycles. The third-order valence-electron chi connectivity index (χ3n) is 4.95. The summed E-state index contributed by atoms with van der Waals surface area (Å²) >= 11 is 0. The highest BCUT2D eigenvalue weighted by Gasteiger charge is 2.32. The smallest absolute Gasteiger partial charge is 0.416 e. The monoisotopic (exact) mass is 439 g/mol. The Kier molecular flexibility index (Phi) is 4.76. The number of hydrogen-bond donors (Lipinski definition) is 1. The van der Waals surface area contributed by atoms with Crippen molar-refractivity contribution in [3.63, 3.8) is 0 Å². The van der Waals surface area contributed by atoms with Crippen molar-refractivity contribution in [1.82, 2.24) is 3.97 Å². The van der Waals surface area contributed by atoms with E-state index in [9.17, 15) is 26.4 Å². The largest absolute Gasteiger partial charge is 0.493 e. The predicted octanol–water partition coefficient (Wildman–Crippen LogP) is 3.85. The minimum absolute atomic E-state index is 0.0410. The van der Waals surface area contributed by atoms with Crippen LogP contribution in [-0.4, -0.2) is 30.1 Å². The zero-order chi connectivity index (χ0) is 21.7. The van der Waals surface area contributed by atoms with Gasteiger partial charge in [-0.2, -0.15) is 13.2 Å². The van der Waals surface area contributed by atoms with Gasteiger partial charge in [-0.15, -0.1) is 0 Å². The van der Waals surface area contributed by atoms with E-state index in [0.29, 0.717) is 18.8 Å². The van der Waals surface area contributed by atoms with Crippen LogP contribution >= 0.6 is 0 Å². The molecule has 0 radical (unpaired) electrons. The molecule has 158 valence electrons. The number of ether oxygens (including phenoxy) is 1. The zero-order valence-electron chi connectivity index (χ0n) is 15.4. The van der Waals surface area contributed by atoms with E-state index in [-0.39, 0.29) is 34.3 Å². The summed E-state index contributed by atoms with van der Waals surface area (Å²) in [6.45, 7) is 0.440. The molecule has 1 aromatic heterocycles. The van der Waals surface area contributed by atoms with Gasteiger partial charge in [0.05, 0.1) is 29.0 Å². The van der Waals surface area contributed by atoms with Crippen molar-refractivity contribution in [2.75, 3.05) is 6.61 Å². The quantitative estimate of drug-likeness (QED) is 0.653. The van der Waals surface area contributed by atoms with Gasteiger partial charge in [0.2, 0.25) is 0 Å². The van der Waals surface area contributed by atoms with Crippen LogP contribution in [0.3, 0.4) is 0 Å². The Morgan fingerprint density at radius 3 is 2.60 bits per heavy atom. The van der Waals surface area contributed by atoms with Gasteiger partial charge in [0.25, 0.3) is 10.0 Å². The number of rotatable bonds is 5. The summed E-state index contributed by atoms with van der Waals surface area (Å²) in [5.74, 6) is -0.554. The highest BCUT2D eigenvalue weighted by Crippen LogP contribution is 2.35. The van der Waals surface area contributed by atoms with Crippen molar-refractivity contribution in [3.05, 3.63) is 59.3 Å². The molecule has 2 heterocycles. The van der Waals surface area contributed by atoms with Gasteiger partial charge in [-0.25, -0.2) is 12.4 Å². The fourth-order valence-electron chi connectivity index (χ4n) is 3.55. The molecular weight excluding hydrogens is 423 g/mol. The lowest BCUT2D eigenvalue weighted by Gasteiger charge is -2.13. The van der Waals surface area contributed by atoms with Crippen LogP contribution in [0.1, 0.15) is 23.2 Å². The lowest BCUT2D eigenvalue weighted by molar-refractivity contribution is -0.138. The number of halogens is 3. The molecule has 0 aliphatic carbocycles. The molecule has 2 aromatic carbocycles. The summed E-state index contributed by atoms with van der Waals surface area (Å²) in [5.41, 5.74) is -0.0356. The van der Waals surface area contributed by atoms with Crippen molar-refractivity contribution < 1.29 is 36.2 Å². The van der Waals surface area contributed by atoms with E-state index < -0.39 is 27.7 Å². The third kappa shape index (κ3) is 3.51. The van der Waals surface area contributed by atoms with Gasteiger partial charge in [0.1, 0.15) is 5.75 Å². The molecule has 1 N–H and O–H groups in total. The SMILES string of the molecule is O=C(O)CCc1cc2cc(C(F)(F)F)ccc2n1S(=O)(=O)c1ccc2c(c1)CCO2. The van der Waals surface area contributed by atoms with Crippen LogP contribution < -0.4 is 4.74 Å². The van der Waals surface area contributed by atoms with Gasteiger partial charge in [0, 0.05) is 17.5 Å². The first kappa shape index (κ1) is 20.3. The van der Waals surface area contributed by atoms with Gasteiger partial charge in [-0.05, 0) is 54.4 Å². The molecule has 0 atom stereocenters. The van der Waals surface area contributed by atoms with E-state index in [1.54, 1.807) is 6.07 Å². The maximum absolute atomic E-state index is 13.4. The van der Waals surface area contributed by atoms with E-state index in [4.69, 9.17) is 9.84 Å². The van der Waals surface area contributed by atoms with Crippen molar-refractivity contribution >= 4 is 26.9 Å². The summed E-state index contributed by atoms with van der Waals surface area (Å²) in [6, 6.07) is 8.45. The number of carbonyl (C=O) groups is 1. The predicted molar refractivity (Wildman–Crippen MR) is 101 cm³/mol. The second kappa shape index (κ2) is 7.05. The highest BCUT2D eigenvalue weighted by atomic mass is 32.2. The number of fused-ring (bicyclic) bond motifs is 2. The number of aryl methyl sites for hydroxylation is 1. The lowest BCUT2D eigenvalue weighted by atomic mass is 10.1. The Morgan fingerprint density at radius 2 is 1.90 bits per heavy atom. The van der Waals surface area contributed by atoms with Crippen LogP contribution in [-0.2, 0) is 33.8 Å². The van der Waals surface area contributed by atoms with Gasteiger partial charge in [-0.3, -0.25) is 4.79 Å². The van der Waals surface area contributed by atoms with E-state index in [0.717, 1.165) is 27.7 Å². The van der Waals surface area contributed by atoms with Gasteiger partial charge in [-0.1, -0.05) is 0 Å². The fraction of sp³-hybridized carbons (Fsp3) is 0.250. The van der Waals surface area contributed by atoms with E-state index in [1.807, 2.05) is 0 Å². The van der Waals surface area contributed by atoms with Crippen molar-refractivity contribution in [2.45, 2.75) is 30.3 Å². The standard InChI is InChI=1S/C20H16F3NO5S/c21-20(22,23)14-1-4-17-13(9-14)10-15(2-6-19(25)26)24(17)30(27,28)16-3-5-18-12(11-16)7-8-29-18/h1,3-5,9-11H,2,6-8H2,(H,25,26). The maximum Gasteiger partial charge on any atom is 0.416 e. The Balaban J connectivity index is 1.90. The maximum atomic E-state index is 13.4. The highest BCUT2D eigenvalue weighted by molar-refractivity contribution is 7.90. The molecule has 0 amide bonds. The summed E-state index contributed by atoms with van der Waals surface area (Å²) < 4.78 is 72.4. The minimum Gasteiger partial charge on any atom is -0.493 e. The summed E-state index contributed by atoms with van der Waals surface area (Å²) in [7, 11) is -4.18. The van der Waals surface area contributed by atoms with Crippen molar-refractivity contribution in [2.24, 2.45) is 0 Å². The Hall–Kier alpha value is -3.01. The average Bonchev–Trinajstić information content (AvgIpc) is 3.28.